The van der Waals surface area contributed by atoms with Crippen molar-refractivity contribution in [3.63, 3.8) is 0 Å². The van der Waals surface area contributed by atoms with Crippen LogP contribution in [-0.4, -0.2) is 40.7 Å². The number of H-pyrrole nitrogens is 1. The maximum atomic E-state index is 13.0. The normalized spacial score (nSPS) is 18.8. The van der Waals surface area contributed by atoms with E-state index < -0.39 is 0 Å². The molecule has 0 saturated carbocycles. The number of piperidine rings is 1. The molecular formula is C20H27N3O2. The molecular weight excluding hydrogens is 314 g/mol. The van der Waals surface area contributed by atoms with E-state index in [0.29, 0.717) is 12.5 Å². The quantitative estimate of drug-likeness (QED) is 0.906. The van der Waals surface area contributed by atoms with Crippen LogP contribution in [0.25, 0.3) is 0 Å². The first-order chi connectivity index (χ1) is 12.1. The first-order valence-electron chi connectivity index (χ1n) is 9.04. The second kappa shape index (κ2) is 7.72. The molecule has 0 bridgehead atoms. The van der Waals surface area contributed by atoms with Crippen LogP contribution in [0.4, 0.5) is 0 Å². The number of aryl methyl sites for hydroxylation is 2. The molecule has 1 N–H and O–H groups in total. The molecule has 1 amide bonds. The van der Waals surface area contributed by atoms with Gasteiger partial charge in [-0.05, 0) is 45.7 Å². The Bertz CT molecular complexity index is 691. The molecule has 1 aliphatic rings. The molecule has 1 aliphatic heterocycles. The lowest BCUT2D eigenvalue weighted by molar-refractivity contribution is -0.134. The van der Waals surface area contributed by atoms with E-state index in [-0.39, 0.29) is 11.8 Å². The van der Waals surface area contributed by atoms with Crippen LogP contribution in [0.3, 0.4) is 0 Å². The monoisotopic (exact) mass is 341 g/mol. The number of ether oxygens (including phenoxy) is 1. The first-order valence-corrected chi connectivity index (χ1v) is 9.04. The van der Waals surface area contributed by atoms with Gasteiger partial charge >= 0.3 is 0 Å². The minimum Gasteiger partial charge on any atom is -0.493 e. The predicted octanol–water partition coefficient (Wildman–Crippen LogP) is 3.45. The van der Waals surface area contributed by atoms with Gasteiger partial charge in [-0.1, -0.05) is 18.2 Å². The lowest BCUT2D eigenvalue weighted by atomic mass is 9.94. The molecule has 0 spiro atoms. The molecule has 1 aromatic heterocycles. The number of aromatic nitrogens is 2. The Kier molecular flexibility index (Phi) is 5.41. The van der Waals surface area contributed by atoms with Gasteiger partial charge in [-0.3, -0.25) is 9.89 Å². The van der Waals surface area contributed by atoms with Crippen LogP contribution in [0.2, 0.25) is 0 Å². The zero-order valence-electron chi connectivity index (χ0n) is 15.3. The molecule has 1 aromatic carbocycles. The van der Waals surface area contributed by atoms with Crippen LogP contribution >= 0.6 is 0 Å². The Morgan fingerprint density at radius 1 is 1.36 bits per heavy atom. The van der Waals surface area contributed by atoms with Gasteiger partial charge in [0, 0.05) is 30.3 Å². The Morgan fingerprint density at radius 2 is 2.12 bits per heavy atom. The highest BCUT2D eigenvalue weighted by Gasteiger charge is 2.30. The van der Waals surface area contributed by atoms with Crippen LogP contribution < -0.4 is 4.74 Å². The molecule has 2 heterocycles. The number of aromatic amines is 1. The lowest BCUT2D eigenvalue weighted by Gasteiger charge is -2.34. The number of amides is 1. The summed E-state index contributed by atoms with van der Waals surface area (Å²) in [6, 6.07) is 9.87. The average Bonchev–Trinajstić information content (AvgIpc) is 2.98. The summed E-state index contributed by atoms with van der Waals surface area (Å²) in [5, 5.41) is 7.21. The molecule has 5 heteroatoms. The van der Waals surface area contributed by atoms with Crippen LogP contribution in [0.5, 0.6) is 5.75 Å². The van der Waals surface area contributed by atoms with E-state index in [9.17, 15) is 4.79 Å². The minimum absolute atomic E-state index is 0.160. The van der Waals surface area contributed by atoms with Crippen molar-refractivity contribution in [3.8, 4) is 5.75 Å². The highest BCUT2D eigenvalue weighted by Crippen LogP contribution is 2.26. The number of carbonyl (C=O) groups excluding carboxylic acids is 1. The molecule has 0 radical (unpaired) electrons. The van der Waals surface area contributed by atoms with Gasteiger partial charge < -0.3 is 9.64 Å². The SMILES string of the molecule is Cc1n[nH]c(C)c1[C@@H](C)C(=O)N1CCC[C@@H](COc2ccccc2)C1. The van der Waals surface area contributed by atoms with Crippen molar-refractivity contribution in [1.29, 1.82) is 0 Å². The fourth-order valence-electron chi connectivity index (χ4n) is 3.73. The zero-order chi connectivity index (χ0) is 17.8. The number of nitrogens with one attached hydrogen (secondary N) is 1. The largest absolute Gasteiger partial charge is 0.493 e. The van der Waals surface area contributed by atoms with Crippen molar-refractivity contribution in [2.75, 3.05) is 19.7 Å². The van der Waals surface area contributed by atoms with Crippen molar-refractivity contribution in [2.45, 2.75) is 39.5 Å². The van der Waals surface area contributed by atoms with Crippen molar-refractivity contribution in [2.24, 2.45) is 5.92 Å². The van der Waals surface area contributed by atoms with Crippen LogP contribution in [0, 0.1) is 19.8 Å². The summed E-state index contributed by atoms with van der Waals surface area (Å²) >= 11 is 0. The maximum Gasteiger partial charge on any atom is 0.229 e. The van der Waals surface area contributed by atoms with Crippen molar-refractivity contribution in [3.05, 3.63) is 47.3 Å². The van der Waals surface area contributed by atoms with Gasteiger partial charge in [-0.2, -0.15) is 5.10 Å². The maximum absolute atomic E-state index is 13.0. The van der Waals surface area contributed by atoms with Gasteiger partial charge in [0.15, 0.2) is 0 Å². The summed E-state index contributed by atoms with van der Waals surface area (Å²) in [7, 11) is 0. The number of para-hydroxylation sites is 1. The fourth-order valence-corrected chi connectivity index (χ4v) is 3.73. The fraction of sp³-hybridized carbons (Fsp3) is 0.500. The van der Waals surface area contributed by atoms with E-state index in [2.05, 4.69) is 10.2 Å². The molecule has 5 nitrogen and oxygen atoms in total. The van der Waals surface area contributed by atoms with Gasteiger partial charge in [0.25, 0.3) is 0 Å². The van der Waals surface area contributed by atoms with Gasteiger partial charge in [0.1, 0.15) is 5.75 Å². The third-order valence-electron chi connectivity index (χ3n) is 5.05. The third kappa shape index (κ3) is 4.03. The van der Waals surface area contributed by atoms with E-state index in [1.165, 1.54) is 0 Å². The van der Waals surface area contributed by atoms with E-state index in [1.54, 1.807) is 0 Å². The third-order valence-corrected chi connectivity index (χ3v) is 5.05. The van der Waals surface area contributed by atoms with Gasteiger partial charge in [0.2, 0.25) is 5.91 Å². The van der Waals surface area contributed by atoms with Crippen LogP contribution in [0.15, 0.2) is 30.3 Å². The van der Waals surface area contributed by atoms with Gasteiger partial charge in [0.05, 0.1) is 18.2 Å². The molecule has 2 atom stereocenters. The molecule has 3 rings (SSSR count). The number of carbonyl (C=O) groups is 1. The first kappa shape index (κ1) is 17.5. The highest BCUT2D eigenvalue weighted by atomic mass is 16.5. The smallest absolute Gasteiger partial charge is 0.229 e. The standard InChI is InChI=1S/C20H27N3O2/c1-14(19-15(2)21-22-16(19)3)20(24)23-11-7-8-17(12-23)13-25-18-9-5-4-6-10-18/h4-6,9-10,14,17H,7-8,11-13H2,1-3H3,(H,21,22)/t14-,17-/m1/s1. The lowest BCUT2D eigenvalue weighted by Crippen LogP contribution is -2.43. The number of hydrogen-bond acceptors (Lipinski definition) is 3. The van der Waals surface area contributed by atoms with E-state index in [1.807, 2.05) is 56.0 Å². The number of benzene rings is 1. The van der Waals surface area contributed by atoms with Crippen molar-refractivity contribution in [1.82, 2.24) is 15.1 Å². The van der Waals surface area contributed by atoms with Crippen molar-refractivity contribution < 1.29 is 9.53 Å². The topological polar surface area (TPSA) is 58.2 Å². The number of nitrogens with zero attached hydrogens (tertiary/aromatic N) is 2. The summed E-state index contributed by atoms with van der Waals surface area (Å²) in [6.45, 7) is 8.18. The summed E-state index contributed by atoms with van der Waals surface area (Å²) in [5.74, 6) is 1.31. The Balaban J connectivity index is 1.60. The molecule has 1 saturated heterocycles. The number of hydrogen-bond donors (Lipinski definition) is 1. The predicted molar refractivity (Wildman–Crippen MR) is 97.7 cm³/mol. The van der Waals surface area contributed by atoms with E-state index in [4.69, 9.17) is 4.74 Å². The summed E-state index contributed by atoms with van der Waals surface area (Å²) in [6.07, 6.45) is 2.14. The molecule has 1 fully saturated rings. The van der Waals surface area contributed by atoms with Gasteiger partial charge in [-0.25, -0.2) is 0 Å². The second-order valence-corrected chi connectivity index (χ2v) is 6.99. The number of likely N-dealkylation sites (tertiary alicyclic amines) is 1. The molecule has 0 aliphatic carbocycles. The van der Waals surface area contributed by atoms with Crippen molar-refractivity contribution >= 4 is 5.91 Å². The molecule has 0 unspecified atom stereocenters. The highest BCUT2D eigenvalue weighted by molar-refractivity contribution is 5.84. The Hall–Kier alpha value is -2.30. The summed E-state index contributed by atoms with van der Waals surface area (Å²) < 4.78 is 5.89. The zero-order valence-corrected chi connectivity index (χ0v) is 15.3. The van der Waals surface area contributed by atoms with Gasteiger partial charge in [-0.15, -0.1) is 0 Å². The van der Waals surface area contributed by atoms with E-state index >= 15 is 0 Å². The summed E-state index contributed by atoms with van der Waals surface area (Å²) in [4.78, 5) is 15.0. The second-order valence-electron chi connectivity index (χ2n) is 6.99. The minimum atomic E-state index is -0.160. The van der Waals surface area contributed by atoms with E-state index in [0.717, 1.165) is 48.6 Å². The summed E-state index contributed by atoms with van der Waals surface area (Å²) in [5.41, 5.74) is 2.94. The number of rotatable bonds is 5. The average molecular weight is 341 g/mol. The Labute approximate surface area is 149 Å². The molecule has 134 valence electrons. The molecule has 2 aromatic rings. The van der Waals surface area contributed by atoms with Crippen LogP contribution in [0.1, 0.15) is 42.6 Å². The van der Waals surface area contributed by atoms with Crippen LogP contribution in [-0.2, 0) is 4.79 Å². The Morgan fingerprint density at radius 3 is 2.80 bits per heavy atom. The molecule has 25 heavy (non-hydrogen) atoms.